The molecular formula is C18H17FN6O3. The second-order valence-corrected chi connectivity index (χ2v) is 7.10. The third-order valence-corrected chi connectivity index (χ3v) is 5.34. The number of H-pyrrole nitrogens is 2. The van der Waals surface area contributed by atoms with Crippen molar-refractivity contribution in [2.24, 2.45) is 0 Å². The molecule has 1 aliphatic rings. The second-order valence-electron chi connectivity index (χ2n) is 7.10. The number of hydrogen-bond donors (Lipinski definition) is 3. The average molecular weight is 384 g/mol. The molecule has 0 amide bonds. The van der Waals surface area contributed by atoms with Gasteiger partial charge in [-0.05, 0) is 37.8 Å². The first-order valence-electron chi connectivity index (χ1n) is 9.07. The molecule has 3 heterocycles. The van der Waals surface area contributed by atoms with Crippen molar-refractivity contribution in [3.8, 4) is 5.95 Å². The number of imidazole rings is 2. The molecule has 3 aromatic heterocycles. The smallest absolute Gasteiger partial charge is 0.328 e. The number of aromatic nitrogens is 6. The van der Waals surface area contributed by atoms with Crippen LogP contribution >= 0.6 is 0 Å². The molecular weight excluding hydrogens is 367 g/mol. The molecule has 10 heteroatoms. The Morgan fingerprint density at radius 2 is 1.93 bits per heavy atom. The number of benzene rings is 1. The van der Waals surface area contributed by atoms with Gasteiger partial charge in [-0.1, -0.05) is 0 Å². The molecule has 144 valence electrons. The number of aromatic amines is 2. The van der Waals surface area contributed by atoms with Crippen LogP contribution in [0.5, 0.6) is 0 Å². The Morgan fingerprint density at radius 3 is 2.71 bits per heavy atom. The van der Waals surface area contributed by atoms with Gasteiger partial charge in [-0.3, -0.25) is 23.9 Å². The maximum atomic E-state index is 13.7. The quantitative estimate of drug-likeness (QED) is 0.482. The predicted octanol–water partition coefficient (Wildman–Crippen LogP) is 1.37. The van der Waals surface area contributed by atoms with Crippen LogP contribution in [0.2, 0.25) is 0 Å². The maximum Gasteiger partial charge on any atom is 0.328 e. The van der Waals surface area contributed by atoms with Crippen LogP contribution in [0.1, 0.15) is 31.7 Å². The Bertz CT molecular complexity index is 1310. The van der Waals surface area contributed by atoms with E-state index in [2.05, 4.69) is 19.9 Å². The van der Waals surface area contributed by atoms with Crippen molar-refractivity contribution in [1.29, 1.82) is 0 Å². The van der Waals surface area contributed by atoms with E-state index in [1.807, 2.05) is 0 Å². The summed E-state index contributed by atoms with van der Waals surface area (Å²) in [4.78, 5) is 39.0. The second kappa shape index (κ2) is 6.13. The van der Waals surface area contributed by atoms with Gasteiger partial charge in [0.2, 0.25) is 5.95 Å². The van der Waals surface area contributed by atoms with Crippen molar-refractivity contribution in [3.63, 3.8) is 0 Å². The molecule has 1 aliphatic carbocycles. The number of halogens is 1. The fourth-order valence-electron chi connectivity index (χ4n) is 3.92. The number of rotatable bonds is 2. The summed E-state index contributed by atoms with van der Waals surface area (Å²) in [5.41, 5.74) is 0.432. The SMILES string of the molecule is O=c1[nH]c(-n2cnc3ccc(F)cc32)nc2c1[nH]c(=O)n2C1CCC(O)CC1. The highest BCUT2D eigenvalue weighted by Crippen LogP contribution is 2.29. The topological polar surface area (TPSA) is 122 Å². The van der Waals surface area contributed by atoms with E-state index in [0.29, 0.717) is 36.7 Å². The Labute approximate surface area is 156 Å². The van der Waals surface area contributed by atoms with Gasteiger partial charge in [0.25, 0.3) is 5.56 Å². The largest absolute Gasteiger partial charge is 0.393 e. The number of nitrogens with one attached hydrogen (secondary N) is 2. The molecule has 0 atom stereocenters. The van der Waals surface area contributed by atoms with E-state index >= 15 is 0 Å². The molecule has 1 aromatic carbocycles. The van der Waals surface area contributed by atoms with Crippen molar-refractivity contribution in [2.45, 2.75) is 37.8 Å². The fourth-order valence-corrected chi connectivity index (χ4v) is 3.92. The van der Waals surface area contributed by atoms with Crippen LogP contribution in [0.4, 0.5) is 4.39 Å². The van der Waals surface area contributed by atoms with Crippen LogP contribution in [0.3, 0.4) is 0 Å². The normalized spacial score (nSPS) is 20.2. The molecule has 1 saturated carbocycles. The van der Waals surface area contributed by atoms with E-state index in [-0.39, 0.29) is 29.3 Å². The molecule has 5 rings (SSSR count). The zero-order valence-corrected chi connectivity index (χ0v) is 14.7. The van der Waals surface area contributed by atoms with E-state index in [1.165, 1.54) is 33.7 Å². The molecule has 0 radical (unpaired) electrons. The van der Waals surface area contributed by atoms with Gasteiger partial charge < -0.3 is 5.11 Å². The highest BCUT2D eigenvalue weighted by atomic mass is 19.1. The Hall–Kier alpha value is -3.27. The lowest BCUT2D eigenvalue weighted by Gasteiger charge is -2.25. The highest BCUT2D eigenvalue weighted by Gasteiger charge is 2.25. The van der Waals surface area contributed by atoms with Gasteiger partial charge in [-0.2, -0.15) is 4.98 Å². The number of aliphatic hydroxyl groups excluding tert-OH is 1. The van der Waals surface area contributed by atoms with Gasteiger partial charge in [0.15, 0.2) is 11.2 Å². The zero-order valence-electron chi connectivity index (χ0n) is 14.7. The summed E-state index contributed by atoms with van der Waals surface area (Å²) in [5, 5.41) is 9.74. The number of nitrogens with zero attached hydrogens (tertiary/aromatic N) is 4. The van der Waals surface area contributed by atoms with Gasteiger partial charge >= 0.3 is 5.69 Å². The lowest BCUT2D eigenvalue weighted by atomic mass is 9.93. The van der Waals surface area contributed by atoms with Gasteiger partial charge in [-0.25, -0.2) is 14.2 Å². The third-order valence-electron chi connectivity index (χ3n) is 5.34. The van der Waals surface area contributed by atoms with Crippen LogP contribution in [0.15, 0.2) is 34.1 Å². The van der Waals surface area contributed by atoms with E-state index in [1.54, 1.807) is 0 Å². The monoisotopic (exact) mass is 384 g/mol. The van der Waals surface area contributed by atoms with E-state index in [4.69, 9.17) is 0 Å². The molecule has 1 fully saturated rings. The van der Waals surface area contributed by atoms with E-state index in [9.17, 15) is 19.1 Å². The minimum atomic E-state index is -0.495. The molecule has 0 spiro atoms. The molecule has 0 bridgehead atoms. The molecule has 3 N–H and O–H groups in total. The van der Waals surface area contributed by atoms with Crippen LogP contribution in [-0.4, -0.2) is 40.3 Å². The first-order valence-corrected chi connectivity index (χ1v) is 9.07. The standard InChI is InChI=1S/C18H17FN6O3/c19-9-1-6-12-13(7-9)24(8-20-12)17-22-15-14(16(27)23-17)21-18(28)25(15)10-2-4-11(26)5-3-10/h1,6-8,10-11,26H,2-5H2,(H,21,28)(H,22,23,27). The van der Waals surface area contributed by atoms with Crippen molar-refractivity contribution in [2.75, 3.05) is 0 Å². The van der Waals surface area contributed by atoms with Crippen LogP contribution in [0.25, 0.3) is 28.1 Å². The van der Waals surface area contributed by atoms with Gasteiger partial charge in [0.1, 0.15) is 12.1 Å². The summed E-state index contributed by atoms with van der Waals surface area (Å²) in [7, 11) is 0. The number of fused-ring (bicyclic) bond motifs is 2. The molecule has 4 aromatic rings. The molecule has 0 saturated heterocycles. The lowest BCUT2D eigenvalue weighted by Crippen LogP contribution is -2.28. The highest BCUT2D eigenvalue weighted by molar-refractivity contribution is 5.77. The Balaban J connectivity index is 1.71. The minimum Gasteiger partial charge on any atom is -0.393 e. The van der Waals surface area contributed by atoms with Crippen molar-refractivity contribution >= 4 is 22.2 Å². The van der Waals surface area contributed by atoms with Crippen LogP contribution < -0.4 is 11.2 Å². The average Bonchev–Trinajstić information content (AvgIpc) is 3.23. The number of hydrogen-bond acceptors (Lipinski definition) is 5. The van der Waals surface area contributed by atoms with Crippen molar-refractivity contribution in [1.82, 2.24) is 29.1 Å². The summed E-state index contributed by atoms with van der Waals surface area (Å²) >= 11 is 0. The fraction of sp³-hybridized carbons (Fsp3) is 0.333. The molecule has 28 heavy (non-hydrogen) atoms. The predicted molar refractivity (Wildman–Crippen MR) is 99.1 cm³/mol. The Kier molecular flexibility index (Phi) is 3.69. The summed E-state index contributed by atoms with van der Waals surface area (Å²) in [6.45, 7) is 0. The van der Waals surface area contributed by atoms with Crippen molar-refractivity contribution < 1.29 is 9.50 Å². The maximum absolute atomic E-state index is 13.7. The van der Waals surface area contributed by atoms with E-state index < -0.39 is 17.1 Å². The number of aliphatic hydroxyl groups is 1. The van der Waals surface area contributed by atoms with Gasteiger partial charge in [0.05, 0.1) is 17.1 Å². The molecule has 0 aliphatic heterocycles. The summed E-state index contributed by atoms with van der Waals surface area (Å²) in [6.07, 6.45) is 3.50. The minimum absolute atomic E-state index is 0.0930. The summed E-state index contributed by atoms with van der Waals surface area (Å²) in [5.74, 6) is -0.286. The molecule has 0 unspecified atom stereocenters. The zero-order chi connectivity index (χ0) is 19.4. The van der Waals surface area contributed by atoms with Crippen LogP contribution in [-0.2, 0) is 0 Å². The third kappa shape index (κ3) is 2.56. The van der Waals surface area contributed by atoms with Crippen molar-refractivity contribution in [3.05, 3.63) is 51.2 Å². The summed E-state index contributed by atoms with van der Waals surface area (Å²) < 4.78 is 16.6. The first kappa shape index (κ1) is 16.9. The lowest BCUT2D eigenvalue weighted by molar-refractivity contribution is 0.111. The first-order chi connectivity index (χ1) is 13.5. The van der Waals surface area contributed by atoms with E-state index in [0.717, 1.165) is 0 Å². The van der Waals surface area contributed by atoms with Gasteiger partial charge in [0, 0.05) is 12.1 Å². The summed E-state index contributed by atoms with van der Waals surface area (Å²) in [6, 6.07) is 4.00. The Morgan fingerprint density at radius 1 is 1.14 bits per heavy atom. The van der Waals surface area contributed by atoms with Crippen LogP contribution in [0, 0.1) is 5.82 Å². The molecule has 9 nitrogen and oxygen atoms in total. The van der Waals surface area contributed by atoms with Gasteiger partial charge in [-0.15, -0.1) is 0 Å².